The fourth-order valence-corrected chi connectivity index (χ4v) is 3.76. The Balaban J connectivity index is 0.000000373. The highest BCUT2D eigenvalue weighted by Gasteiger charge is 2.24. The number of ether oxygens (including phenoxy) is 1. The molecule has 2 aromatic rings. The number of H-pyrrole nitrogens is 1. The lowest BCUT2D eigenvalue weighted by Gasteiger charge is -2.19. The molecule has 3 rings (SSSR count). The predicted octanol–water partition coefficient (Wildman–Crippen LogP) is 2.11. The Labute approximate surface area is 211 Å². The molecule has 0 spiro atoms. The summed E-state index contributed by atoms with van der Waals surface area (Å²) >= 11 is 0. The van der Waals surface area contributed by atoms with Crippen molar-refractivity contribution in [3.8, 4) is 0 Å². The molecule has 0 saturated carbocycles. The van der Waals surface area contributed by atoms with Crippen molar-refractivity contribution in [2.75, 3.05) is 26.2 Å². The fourth-order valence-electron chi connectivity index (χ4n) is 3.76. The van der Waals surface area contributed by atoms with Gasteiger partial charge in [-0.25, -0.2) is 4.79 Å². The standard InChI is InChI=1S/C17H28N4O5.C9H9N/c1-12(2)26-17(25)14(6-5-13(22)9-18)20-15(23)10-19-16(24)11-21-7-3-4-8-21;1-7-6-10-9-5-3-2-4-8(7)9/h9,12,14,18H,3-8,10-11H2,1-2H3,(H,19,24)(H,20,23);2-6,10H,1H3/t14-;/m0./s1. The maximum absolute atomic E-state index is 12.1. The number of aryl methyl sites for hydroxylation is 1. The van der Waals surface area contributed by atoms with E-state index in [1.54, 1.807) is 13.8 Å². The molecule has 10 nitrogen and oxygen atoms in total. The van der Waals surface area contributed by atoms with Gasteiger partial charge in [-0.15, -0.1) is 0 Å². The van der Waals surface area contributed by atoms with E-state index in [0.717, 1.165) is 25.9 Å². The Morgan fingerprint density at radius 3 is 2.47 bits per heavy atom. The summed E-state index contributed by atoms with van der Waals surface area (Å²) in [6.45, 7) is 7.22. The molecule has 2 amide bonds. The van der Waals surface area contributed by atoms with E-state index in [1.165, 1.54) is 16.5 Å². The Kier molecular flexibility index (Phi) is 11.8. The molecule has 0 aliphatic carbocycles. The summed E-state index contributed by atoms with van der Waals surface area (Å²) in [5, 5.41) is 13.2. The second-order valence-electron chi connectivity index (χ2n) is 9.03. The van der Waals surface area contributed by atoms with Crippen molar-refractivity contribution in [1.29, 1.82) is 5.41 Å². The minimum atomic E-state index is -0.996. The van der Waals surface area contributed by atoms with Crippen LogP contribution in [0.4, 0.5) is 0 Å². The molecule has 0 unspecified atom stereocenters. The Bertz CT molecular complexity index is 1040. The van der Waals surface area contributed by atoms with Crippen molar-refractivity contribution >= 4 is 40.7 Å². The quantitative estimate of drug-likeness (QED) is 0.275. The van der Waals surface area contributed by atoms with Gasteiger partial charge in [0.2, 0.25) is 11.8 Å². The number of hydrogen-bond donors (Lipinski definition) is 4. The number of Topliss-reactive ketones (excluding diaryl/α,β-unsaturated/α-hetero) is 1. The molecular weight excluding hydrogens is 462 g/mol. The van der Waals surface area contributed by atoms with E-state index < -0.39 is 23.7 Å². The van der Waals surface area contributed by atoms with Crippen LogP contribution in [0.15, 0.2) is 30.5 Å². The predicted molar refractivity (Wildman–Crippen MR) is 138 cm³/mol. The number of carbonyl (C=O) groups is 4. The molecule has 1 aromatic heterocycles. The van der Waals surface area contributed by atoms with Gasteiger partial charge in [-0.1, -0.05) is 18.2 Å². The molecule has 1 atom stereocenters. The summed E-state index contributed by atoms with van der Waals surface area (Å²) in [5.41, 5.74) is 2.54. The third-order valence-corrected chi connectivity index (χ3v) is 5.62. The number of para-hydroxylation sites is 1. The second kappa shape index (κ2) is 14.8. The van der Waals surface area contributed by atoms with Crippen LogP contribution in [-0.2, 0) is 23.9 Å². The van der Waals surface area contributed by atoms with Crippen LogP contribution in [0, 0.1) is 12.3 Å². The number of carbonyl (C=O) groups excluding carboxylic acids is 4. The highest BCUT2D eigenvalue weighted by molar-refractivity contribution is 6.26. The zero-order valence-electron chi connectivity index (χ0n) is 21.3. The minimum Gasteiger partial charge on any atom is -0.461 e. The first-order valence-corrected chi connectivity index (χ1v) is 12.2. The van der Waals surface area contributed by atoms with Gasteiger partial charge >= 0.3 is 5.97 Å². The summed E-state index contributed by atoms with van der Waals surface area (Å²) in [5.74, 6) is -1.87. The first kappa shape index (κ1) is 28.7. The molecule has 1 aromatic carbocycles. The fraction of sp³-hybridized carbons (Fsp3) is 0.500. The van der Waals surface area contributed by atoms with Crippen LogP contribution in [0.2, 0.25) is 0 Å². The highest BCUT2D eigenvalue weighted by Crippen LogP contribution is 2.15. The third-order valence-electron chi connectivity index (χ3n) is 5.62. The number of nitrogens with zero attached hydrogens (tertiary/aromatic N) is 1. The lowest BCUT2D eigenvalue weighted by atomic mass is 10.1. The third kappa shape index (κ3) is 9.99. The first-order chi connectivity index (χ1) is 17.2. The number of aromatic nitrogens is 1. The smallest absolute Gasteiger partial charge is 0.328 e. The molecule has 2 heterocycles. The van der Waals surface area contributed by atoms with Crippen LogP contribution in [0.5, 0.6) is 0 Å². The molecular formula is C26H37N5O5. The van der Waals surface area contributed by atoms with Gasteiger partial charge in [0.05, 0.1) is 25.4 Å². The summed E-state index contributed by atoms with van der Waals surface area (Å²) in [6.07, 6.45) is 4.47. The Morgan fingerprint density at radius 1 is 1.14 bits per heavy atom. The van der Waals surface area contributed by atoms with Gasteiger partial charge in [0, 0.05) is 23.5 Å². The van der Waals surface area contributed by atoms with Gasteiger partial charge in [-0.3, -0.25) is 19.3 Å². The number of benzene rings is 1. The number of likely N-dealkylation sites (tertiary alicyclic amines) is 1. The molecule has 196 valence electrons. The molecule has 1 aliphatic rings. The average molecular weight is 500 g/mol. The number of hydrogen-bond acceptors (Lipinski definition) is 7. The van der Waals surface area contributed by atoms with E-state index in [4.69, 9.17) is 10.1 Å². The second-order valence-corrected chi connectivity index (χ2v) is 9.03. The van der Waals surface area contributed by atoms with Crippen LogP contribution >= 0.6 is 0 Å². The summed E-state index contributed by atoms with van der Waals surface area (Å²) in [7, 11) is 0. The number of nitrogens with one attached hydrogen (secondary N) is 4. The number of rotatable bonds is 11. The van der Waals surface area contributed by atoms with E-state index in [9.17, 15) is 19.2 Å². The van der Waals surface area contributed by atoms with Crippen LogP contribution < -0.4 is 10.6 Å². The lowest BCUT2D eigenvalue weighted by molar-refractivity contribution is -0.151. The van der Waals surface area contributed by atoms with Crippen LogP contribution in [-0.4, -0.2) is 78.0 Å². The van der Waals surface area contributed by atoms with Crippen molar-refractivity contribution < 1.29 is 23.9 Å². The molecule has 1 aliphatic heterocycles. The first-order valence-electron chi connectivity index (χ1n) is 12.2. The molecule has 1 fully saturated rings. The summed E-state index contributed by atoms with van der Waals surface area (Å²) in [4.78, 5) is 52.4. The van der Waals surface area contributed by atoms with Crippen molar-refractivity contribution in [2.45, 2.75) is 58.6 Å². The minimum absolute atomic E-state index is 0.0350. The monoisotopic (exact) mass is 499 g/mol. The molecule has 1 saturated heterocycles. The number of esters is 1. The molecule has 10 heteroatoms. The molecule has 0 radical (unpaired) electrons. The van der Waals surface area contributed by atoms with Gasteiger partial charge in [0.1, 0.15) is 6.04 Å². The number of amides is 2. The molecule has 4 N–H and O–H groups in total. The number of ketones is 1. The van der Waals surface area contributed by atoms with Gasteiger partial charge in [0.15, 0.2) is 5.78 Å². The van der Waals surface area contributed by atoms with Crippen LogP contribution in [0.25, 0.3) is 10.9 Å². The zero-order valence-corrected chi connectivity index (χ0v) is 21.3. The lowest BCUT2D eigenvalue weighted by Crippen LogP contribution is -2.47. The normalized spacial score (nSPS) is 14.0. The van der Waals surface area contributed by atoms with E-state index in [0.29, 0.717) is 6.21 Å². The summed E-state index contributed by atoms with van der Waals surface area (Å²) < 4.78 is 5.08. The highest BCUT2D eigenvalue weighted by atomic mass is 16.5. The average Bonchev–Trinajstić information content (AvgIpc) is 3.50. The van der Waals surface area contributed by atoms with Crippen LogP contribution in [0.3, 0.4) is 0 Å². The van der Waals surface area contributed by atoms with E-state index in [1.807, 2.05) is 17.2 Å². The Hall–Kier alpha value is -3.53. The van der Waals surface area contributed by atoms with E-state index >= 15 is 0 Å². The van der Waals surface area contributed by atoms with Gasteiger partial charge in [-0.2, -0.15) is 0 Å². The maximum atomic E-state index is 12.1. The number of fused-ring (bicyclic) bond motifs is 1. The van der Waals surface area contributed by atoms with Crippen LogP contribution in [0.1, 0.15) is 45.1 Å². The Morgan fingerprint density at radius 2 is 1.83 bits per heavy atom. The topological polar surface area (TPSA) is 144 Å². The maximum Gasteiger partial charge on any atom is 0.328 e. The zero-order chi connectivity index (χ0) is 26.5. The molecule has 0 bridgehead atoms. The van der Waals surface area contributed by atoms with Gasteiger partial charge in [-0.05, 0) is 64.8 Å². The van der Waals surface area contributed by atoms with Crippen molar-refractivity contribution in [3.05, 3.63) is 36.0 Å². The van der Waals surface area contributed by atoms with Gasteiger partial charge < -0.3 is 25.8 Å². The molecule has 36 heavy (non-hydrogen) atoms. The van der Waals surface area contributed by atoms with Crippen molar-refractivity contribution in [2.24, 2.45) is 0 Å². The van der Waals surface area contributed by atoms with E-state index in [-0.39, 0.29) is 37.9 Å². The number of aromatic amines is 1. The summed E-state index contributed by atoms with van der Waals surface area (Å²) in [6, 6.07) is 7.31. The SMILES string of the molecule is CC(C)OC(=O)[C@H](CCC(=O)C=N)NC(=O)CNC(=O)CN1CCCC1.Cc1c[nH]c2ccccc12. The van der Waals surface area contributed by atoms with Crippen molar-refractivity contribution in [1.82, 2.24) is 20.5 Å². The van der Waals surface area contributed by atoms with Crippen molar-refractivity contribution in [3.63, 3.8) is 0 Å². The largest absolute Gasteiger partial charge is 0.461 e. The van der Waals surface area contributed by atoms with E-state index in [2.05, 4.69) is 40.7 Å². The van der Waals surface area contributed by atoms with Gasteiger partial charge in [0.25, 0.3) is 0 Å².